The molecule has 0 aromatic heterocycles. The second kappa shape index (κ2) is 6.81. The number of nitrogens with one attached hydrogen (secondary N) is 1. The van der Waals surface area contributed by atoms with Gasteiger partial charge >= 0.3 is 0 Å². The molecule has 2 fully saturated rings. The third kappa shape index (κ3) is 3.17. The lowest BCUT2D eigenvalue weighted by Gasteiger charge is -2.55. The number of likely N-dealkylation sites (tertiary alicyclic amines) is 1. The number of aromatic hydroxyl groups is 1. The molecule has 1 saturated carbocycles. The van der Waals surface area contributed by atoms with E-state index in [4.69, 9.17) is 0 Å². The fourth-order valence-corrected chi connectivity index (χ4v) is 5.77. The largest absolute Gasteiger partial charge is 0.508 e. The summed E-state index contributed by atoms with van der Waals surface area (Å²) >= 11 is 0. The van der Waals surface area contributed by atoms with Crippen molar-refractivity contribution in [1.29, 1.82) is 0 Å². The van der Waals surface area contributed by atoms with Crippen LogP contribution in [0.2, 0.25) is 0 Å². The molecule has 1 aromatic rings. The van der Waals surface area contributed by atoms with Crippen LogP contribution < -0.4 is 5.32 Å². The van der Waals surface area contributed by atoms with Crippen LogP contribution in [0.1, 0.15) is 63.0 Å². The summed E-state index contributed by atoms with van der Waals surface area (Å²) < 4.78 is 0. The zero-order valence-electron chi connectivity index (χ0n) is 16.3. The number of hydrogen-bond acceptors (Lipinski definition) is 4. The van der Waals surface area contributed by atoms with E-state index in [9.17, 15) is 10.2 Å². The highest BCUT2D eigenvalue weighted by Gasteiger charge is 2.49. The second-order valence-corrected chi connectivity index (χ2v) is 9.23. The van der Waals surface area contributed by atoms with Crippen LogP contribution in [-0.4, -0.2) is 52.9 Å². The smallest absolute Gasteiger partial charge is 0.115 e. The van der Waals surface area contributed by atoms with Crippen LogP contribution in [0.4, 0.5) is 0 Å². The number of nitrogens with zero attached hydrogens (tertiary/aromatic N) is 1. The number of rotatable bonds is 4. The van der Waals surface area contributed by atoms with Crippen LogP contribution >= 0.6 is 0 Å². The molecule has 1 heterocycles. The molecule has 4 rings (SSSR count). The molecule has 2 aliphatic carbocycles. The quantitative estimate of drug-likeness (QED) is 0.775. The Morgan fingerprint density at radius 3 is 2.73 bits per heavy atom. The van der Waals surface area contributed by atoms with Gasteiger partial charge in [0.1, 0.15) is 5.75 Å². The monoisotopic (exact) mass is 358 g/mol. The zero-order valence-corrected chi connectivity index (χ0v) is 16.3. The average Bonchev–Trinajstić information content (AvgIpc) is 2.61. The molecule has 0 amide bonds. The summed E-state index contributed by atoms with van der Waals surface area (Å²) in [6.07, 6.45) is 8.48. The van der Waals surface area contributed by atoms with Crippen molar-refractivity contribution >= 4 is 0 Å². The highest BCUT2D eigenvalue weighted by Crippen LogP contribution is 2.45. The second-order valence-electron chi connectivity index (χ2n) is 9.23. The van der Waals surface area contributed by atoms with Crippen LogP contribution in [0.3, 0.4) is 0 Å². The predicted molar refractivity (Wildman–Crippen MR) is 105 cm³/mol. The van der Waals surface area contributed by atoms with E-state index in [1.54, 1.807) is 0 Å². The minimum Gasteiger partial charge on any atom is -0.508 e. The third-order valence-electron chi connectivity index (χ3n) is 7.50. The van der Waals surface area contributed by atoms with Crippen LogP contribution in [0.25, 0.3) is 0 Å². The van der Waals surface area contributed by atoms with E-state index >= 15 is 0 Å². The predicted octanol–water partition coefficient (Wildman–Crippen LogP) is 2.95. The molecule has 4 nitrogen and oxygen atoms in total. The number of hydrogen-bond donors (Lipinski definition) is 3. The Morgan fingerprint density at radius 1 is 1.19 bits per heavy atom. The topological polar surface area (TPSA) is 55.7 Å². The van der Waals surface area contributed by atoms with Crippen molar-refractivity contribution in [1.82, 2.24) is 10.2 Å². The zero-order chi connectivity index (χ0) is 18.4. The first-order chi connectivity index (χ1) is 12.4. The van der Waals surface area contributed by atoms with E-state index in [2.05, 4.69) is 30.3 Å². The Balaban J connectivity index is 1.53. The molecule has 144 valence electrons. The lowest BCUT2D eigenvalue weighted by Crippen LogP contribution is -2.66. The van der Waals surface area contributed by atoms with Gasteiger partial charge in [-0.3, -0.25) is 0 Å². The molecule has 1 unspecified atom stereocenters. The molecule has 3 N–H and O–H groups in total. The molecule has 2 bridgehead atoms. The van der Waals surface area contributed by atoms with Gasteiger partial charge in [-0.2, -0.15) is 0 Å². The van der Waals surface area contributed by atoms with Gasteiger partial charge in [0.2, 0.25) is 0 Å². The van der Waals surface area contributed by atoms with Crippen LogP contribution in [0, 0.1) is 0 Å². The normalized spacial score (nSPS) is 33.7. The van der Waals surface area contributed by atoms with Gasteiger partial charge in [-0.1, -0.05) is 32.3 Å². The minimum absolute atomic E-state index is 0.0404. The van der Waals surface area contributed by atoms with Gasteiger partial charge in [-0.15, -0.1) is 0 Å². The number of phenolic OH excluding ortho intramolecular Hbond substituents is 1. The Bertz CT molecular complexity index is 656. The highest BCUT2D eigenvalue weighted by molar-refractivity contribution is 5.45. The van der Waals surface area contributed by atoms with Gasteiger partial charge in [0.05, 0.1) is 5.60 Å². The molecule has 1 saturated heterocycles. The summed E-state index contributed by atoms with van der Waals surface area (Å²) in [4.78, 5) is 2.49. The molecule has 0 radical (unpaired) electrons. The molecule has 3 atom stereocenters. The van der Waals surface area contributed by atoms with Crippen molar-refractivity contribution in [3.05, 3.63) is 29.3 Å². The lowest BCUT2D eigenvalue weighted by molar-refractivity contribution is -0.00751. The number of phenols is 1. The molecule has 1 aromatic carbocycles. The maximum Gasteiger partial charge on any atom is 0.115 e. The average molecular weight is 359 g/mol. The van der Waals surface area contributed by atoms with Gasteiger partial charge in [0, 0.05) is 17.5 Å². The van der Waals surface area contributed by atoms with Crippen LogP contribution in [0.15, 0.2) is 18.2 Å². The molecule has 4 heteroatoms. The Labute approximate surface area is 157 Å². The maximum atomic E-state index is 10.8. The van der Waals surface area contributed by atoms with Crippen molar-refractivity contribution in [3.8, 4) is 5.75 Å². The minimum atomic E-state index is -0.460. The first kappa shape index (κ1) is 18.3. The summed E-state index contributed by atoms with van der Waals surface area (Å²) in [5.41, 5.74) is 2.28. The van der Waals surface area contributed by atoms with Crippen molar-refractivity contribution < 1.29 is 10.2 Å². The Kier molecular flexibility index (Phi) is 4.79. The summed E-state index contributed by atoms with van der Waals surface area (Å²) in [5, 5.41) is 24.7. The van der Waals surface area contributed by atoms with E-state index in [0.717, 1.165) is 58.0 Å². The van der Waals surface area contributed by atoms with Gasteiger partial charge in [-0.05, 0) is 75.5 Å². The molecule has 1 aliphatic heterocycles. The standard InChI is InChI=1S/C22H34N2O2/c1-21-11-13-24(2)19(14-16-6-7-17(25)15-18(16)21)20(21)23-12-10-22(26)8-4-3-5-9-22/h6-7,15,19-20,23,25-26H,3-5,8-14H2,1-2H3/t19-,20-,21?/m1/s1. The first-order valence-electron chi connectivity index (χ1n) is 10.4. The number of benzene rings is 1. The Morgan fingerprint density at radius 2 is 1.96 bits per heavy atom. The lowest BCUT2D eigenvalue weighted by atomic mass is 9.61. The van der Waals surface area contributed by atoms with Crippen LogP contribution in [-0.2, 0) is 11.8 Å². The summed E-state index contributed by atoms with van der Waals surface area (Å²) in [6, 6.07) is 6.76. The van der Waals surface area contributed by atoms with Gasteiger partial charge in [-0.25, -0.2) is 0 Å². The van der Waals surface area contributed by atoms with Crippen molar-refractivity contribution in [2.75, 3.05) is 20.1 Å². The molecular weight excluding hydrogens is 324 g/mol. The molecule has 26 heavy (non-hydrogen) atoms. The third-order valence-corrected chi connectivity index (χ3v) is 7.50. The van der Waals surface area contributed by atoms with E-state index in [-0.39, 0.29) is 5.41 Å². The number of piperidine rings is 1. The highest BCUT2D eigenvalue weighted by atomic mass is 16.3. The Hall–Kier alpha value is -1.10. The first-order valence-corrected chi connectivity index (χ1v) is 10.4. The SMILES string of the molecule is CN1CCC2(C)c3cc(O)ccc3C[C@@H]1[C@H]2NCCC1(O)CCCCC1. The van der Waals surface area contributed by atoms with Gasteiger partial charge in [0.25, 0.3) is 0 Å². The van der Waals surface area contributed by atoms with E-state index in [0.29, 0.717) is 17.8 Å². The number of likely N-dealkylation sites (N-methyl/N-ethyl adjacent to an activating group) is 1. The van der Waals surface area contributed by atoms with E-state index < -0.39 is 5.60 Å². The summed E-state index contributed by atoms with van der Waals surface area (Å²) in [7, 11) is 2.24. The molecule has 0 spiro atoms. The maximum absolute atomic E-state index is 10.8. The molecule has 3 aliphatic rings. The number of aliphatic hydroxyl groups is 1. The van der Waals surface area contributed by atoms with E-state index in [1.807, 2.05) is 12.1 Å². The summed E-state index contributed by atoms with van der Waals surface area (Å²) in [6.45, 7) is 4.32. The van der Waals surface area contributed by atoms with Crippen molar-refractivity contribution in [3.63, 3.8) is 0 Å². The van der Waals surface area contributed by atoms with E-state index in [1.165, 1.54) is 17.5 Å². The van der Waals surface area contributed by atoms with Gasteiger partial charge in [0.15, 0.2) is 0 Å². The number of fused-ring (bicyclic) bond motifs is 4. The van der Waals surface area contributed by atoms with Crippen molar-refractivity contribution in [2.45, 2.75) is 81.4 Å². The van der Waals surface area contributed by atoms with Gasteiger partial charge < -0.3 is 20.4 Å². The fourth-order valence-electron chi connectivity index (χ4n) is 5.77. The molecular formula is C22H34N2O2. The fraction of sp³-hybridized carbons (Fsp3) is 0.727. The summed E-state index contributed by atoms with van der Waals surface area (Å²) in [5.74, 6) is 0.373. The van der Waals surface area contributed by atoms with Crippen molar-refractivity contribution in [2.24, 2.45) is 0 Å². The van der Waals surface area contributed by atoms with Crippen LogP contribution in [0.5, 0.6) is 5.75 Å².